The van der Waals surface area contributed by atoms with Crippen molar-refractivity contribution in [2.75, 3.05) is 7.11 Å². The minimum Gasteiger partial charge on any atom is -0.486 e. The normalized spacial score (nSPS) is 16.2. The molecule has 0 spiro atoms. The van der Waals surface area contributed by atoms with Crippen LogP contribution in [0.4, 0.5) is 4.39 Å². The maximum atomic E-state index is 14.4. The van der Waals surface area contributed by atoms with Crippen LogP contribution in [0.15, 0.2) is 42.5 Å². The number of aryl methyl sites for hydroxylation is 1. The molecule has 0 aliphatic carbocycles. The van der Waals surface area contributed by atoms with Gasteiger partial charge in [0.1, 0.15) is 17.7 Å². The number of esters is 1. The van der Waals surface area contributed by atoms with Crippen LogP contribution >= 0.6 is 0 Å². The number of methoxy groups -OCH3 is 1. The van der Waals surface area contributed by atoms with E-state index in [1.54, 1.807) is 24.3 Å². The number of hydrogen-bond acceptors (Lipinski definition) is 3. The van der Waals surface area contributed by atoms with E-state index in [0.717, 1.165) is 11.1 Å². The fourth-order valence-corrected chi connectivity index (χ4v) is 2.72. The van der Waals surface area contributed by atoms with Crippen LogP contribution in [0.1, 0.15) is 34.0 Å². The van der Waals surface area contributed by atoms with Gasteiger partial charge >= 0.3 is 5.97 Å². The fourth-order valence-electron chi connectivity index (χ4n) is 2.72. The monoisotopic (exact) mass is 312 g/mol. The number of halogens is 1. The summed E-state index contributed by atoms with van der Waals surface area (Å²) in [5.41, 5.74) is 3.17. The van der Waals surface area contributed by atoms with E-state index in [1.165, 1.54) is 13.2 Å². The highest BCUT2D eigenvalue weighted by Gasteiger charge is 2.23. The molecule has 0 bridgehead atoms. The Bertz CT molecular complexity index is 808. The molecular weight excluding hydrogens is 295 g/mol. The van der Waals surface area contributed by atoms with E-state index in [0.29, 0.717) is 22.4 Å². The smallest absolute Gasteiger partial charge is 0.337 e. The van der Waals surface area contributed by atoms with Crippen molar-refractivity contribution < 1.29 is 18.7 Å². The maximum absolute atomic E-state index is 14.4. The van der Waals surface area contributed by atoms with Crippen LogP contribution in [0.2, 0.25) is 0 Å². The van der Waals surface area contributed by atoms with Crippen LogP contribution in [0.25, 0.3) is 5.57 Å². The third kappa shape index (κ3) is 2.84. The molecule has 2 aromatic rings. The SMILES string of the molecule is COC(=O)c1ccc2c(c1)C(c1ccc(C)cc1F)=CC(C)O2. The predicted molar refractivity (Wildman–Crippen MR) is 86.1 cm³/mol. The second-order valence-electron chi connectivity index (χ2n) is 5.59. The average Bonchev–Trinajstić information content (AvgIpc) is 2.53. The minimum atomic E-state index is -0.435. The van der Waals surface area contributed by atoms with Gasteiger partial charge in [-0.15, -0.1) is 0 Å². The molecule has 0 saturated heterocycles. The average molecular weight is 312 g/mol. The van der Waals surface area contributed by atoms with E-state index >= 15 is 0 Å². The molecule has 0 aromatic heterocycles. The van der Waals surface area contributed by atoms with Crippen molar-refractivity contribution in [1.29, 1.82) is 0 Å². The molecule has 1 atom stereocenters. The molecule has 1 aliphatic heterocycles. The number of rotatable bonds is 2. The van der Waals surface area contributed by atoms with Gasteiger partial charge in [0.15, 0.2) is 0 Å². The molecule has 1 aliphatic rings. The zero-order valence-corrected chi connectivity index (χ0v) is 13.2. The van der Waals surface area contributed by atoms with Gasteiger partial charge in [-0.25, -0.2) is 9.18 Å². The van der Waals surface area contributed by atoms with Crippen LogP contribution in [0.5, 0.6) is 5.75 Å². The van der Waals surface area contributed by atoms with Gasteiger partial charge in [-0.2, -0.15) is 0 Å². The van der Waals surface area contributed by atoms with Crippen molar-refractivity contribution in [3.63, 3.8) is 0 Å². The lowest BCUT2D eigenvalue weighted by Crippen LogP contribution is -2.16. The Hall–Kier alpha value is -2.62. The molecule has 0 amide bonds. The molecule has 1 heterocycles. The third-order valence-corrected chi connectivity index (χ3v) is 3.82. The van der Waals surface area contributed by atoms with Gasteiger partial charge in [-0.05, 0) is 55.3 Å². The summed E-state index contributed by atoms with van der Waals surface area (Å²) < 4.78 is 24.9. The van der Waals surface area contributed by atoms with Gasteiger partial charge in [0.05, 0.1) is 12.7 Å². The topological polar surface area (TPSA) is 35.5 Å². The highest BCUT2D eigenvalue weighted by Crippen LogP contribution is 2.37. The zero-order chi connectivity index (χ0) is 16.6. The number of fused-ring (bicyclic) bond motifs is 1. The number of benzene rings is 2. The van der Waals surface area contributed by atoms with Crippen molar-refractivity contribution in [1.82, 2.24) is 0 Å². The summed E-state index contributed by atoms with van der Waals surface area (Å²) in [6.45, 7) is 3.74. The van der Waals surface area contributed by atoms with E-state index in [1.807, 2.05) is 26.0 Å². The highest BCUT2D eigenvalue weighted by atomic mass is 19.1. The molecule has 3 nitrogen and oxygen atoms in total. The Balaban J connectivity index is 2.16. The van der Waals surface area contributed by atoms with Gasteiger partial charge in [-0.3, -0.25) is 0 Å². The fraction of sp³-hybridized carbons (Fsp3) is 0.211. The van der Waals surface area contributed by atoms with E-state index in [9.17, 15) is 9.18 Å². The highest BCUT2D eigenvalue weighted by molar-refractivity contribution is 5.93. The summed E-state index contributed by atoms with van der Waals surface area (Å²) in [6.07, 6.45) is 1.68. The van der Waals surface area contributed by atoms with Crippen molar-refractivity contribution in [2.45, 2.75) is 20.0 Å². The first-order valence-corrected chi connectivity index (χ1v) is 7.37. The van der Waals surface area contributed by atoms with E-state index < -0.39 is 5.97 Å². The molecule has 2 aromatic carbocycles. The molecular formula is C19H17FO3. The lowest BCUT2D eigenvalue weighted by atomic mass is 9.92. The lowest BCUT2D eigenvalue weighted by Gasteiger charge is -2.24. The molecule has 1 unspecified atom stereocenters. The van der Waals surface area contributed by atoms with Crippen molar-refractivity contribution >= 4 is 11.5 Å². The molecule has 0 saturated carbocycles. The van der Waals surface area contributed by atoms with Crippen LogP contribution in [0.3, 0.4) is 0 Å². The van der Waals surface area contributed by atoms with E-state index in [-0.39, 0.29) is 11.9 Å². The van der Waals surface area contributed by atoms with Gasteiger partial charge < -0.3 is 9.47 Å². The van der Waals surface area contributed by atoms with Crippen LogP contribution < -0.4 is 4.74 Å². The second kappa shape index (κ2) is 5.88. The zero-order valence-electron chi connectivity index (χ0n) is 13.2. The summed E-state index contributed by atoms with van der Waals surface area (Å²) in [5, 5.41) is 0. The Morgan fingerprint density at radius 1 is 1.17 bits per heavy atom. The Labute approximate surface area is 134 Å². The second-order valence-corrected chi connectivity index (χ2v) is 5.59. The number of carbonyl (C=O) groups excluding carboxylic acids is 1. The molecule has 0 radical (unpaired) electrons. The van der Waals surface area contributed by atoms with Crippen LogP contribution in [-0.4, -0.2) is 19.2 Å². The molecule has 0 fully saturated rings. The predicted octanol–water partition coefficient (Wildman–Crippen LogP) is 4.13. The number of hydrogen-bond donors (Lipinski definition) is 0. The Morgan fingerprint density at radius 2 is 1.96 bits per heavy atom. The van der Waals surface area contributed by atoms with Gasteiger partial charge in [-0.1, -0.05) is 12.1 Å². The first kappa shape index (κ1) is 15.3. The van der Waals surface area contributed by atoms with Gasteiger partial charge in [0.25, 0.3) is 0 Å². The molecule has 118 valence electrons. The summed E-state index contributed by atoms with van der Waals surface area (Å²) in [4.78, 5) is 11.8. The number of ether oxygens (including phenoxy) is 2. The summed E-state index contributed by atoms with van der Waals surface area (Å²) in [6, 6.07) is 10.2. The Morgan fingerprint density at radius 3 is 2.65 bits per heavy atom. The first-order chi connectivity index (χ1) is 11.0. The van der Waals surface area contributed by atoms with E-state index in [4.69, 9.17) is 9.47 Å². The molecule has 23 heavy (non-hydrogen) atoms. The number of carbonyl (C=O) groups is 1. The largest absolute Gasteiger partial charge is 0.486 e. The first-order valence-electron chi connectivity index (χ1n) is 7.37. The van der Waals surface area contributed by atoms with Crippen LogP contribution in [-0.2, 0) is 4.74 Å². The lowest BCUT2D eigenvalue weighted by molar-refractivity contribution is 0.0600. The van der Waals surface area contributed by atoms with E-state index in [2.05, 4.69) is 0 Å². The molecule has 0 N–H and O–H groups in total. The van der Waals surface area contributed by atoms with Crippen molar-refractivity contribution in [3.8, 4) is 5.75 Å². The standard InChI is InChI=1S/C19H17FO3/c1-11-4-6-14(17(20)8-11)15-9-12(2)23-18-7-5-13(10-16(15)18)19(21)22-3/h4-10,12H,1-3H3. The Kier molecular flexibility index (Phi) is 3.90. The third-order valence-electron chi connectivity index (χ3n) is 3.82. The summed E-state index contributed by atoms with van der Waals surface area (Å²) in [7, 11) is 1.33. The molecule has 4 heteroatoms. The van der Waals surface area contributed by atoms with Crippen molar-refractivity contribution in [2.24, 2.45) is 0 Å². The summed E-state index contributed by atoms with van der Waals surface area (Å²) >= 11 is 0. The van der Waals surface area contributed by atoms with Gasteiger partial charge in [0.2, 0.25) is 0 Å². The van der Waals surface area contributed by atoms with Gasteiger partial charge in [0, 0.05) is 11.1 Å². The maximum Gasteiger partial charge on any atom is 0.337 e. The minimum absolute atomic E-state index is 0.179. The summed E-state index contributed by atoms with van der Waals surface area (Å²) in [5.74, 6) is -0.0995. The molecule has 3 rings (SSSR count). The quantitative estimate of drug-likeness (QED) is 0.782. The van der Waals surface area contributed by atoms with Crippen LogP contribution in [0, 0.1) is 12.7 Å². The van der Waals surface area contributed by atoms with Crippen molar-refractivity contribution in [3.05, 3.63) is 70.5 Å².